The van der Waals surface area contributed by atoms with Gasteiger partial charge in [0.2, 0.25) is 0 Å². The van der Waals surface area contributed by atoms with Crippen LogP contribution in [0.3, 0.4) is 0 Å². The fraction of sp³-hybridized carbons (Fsp3) is 0.636. The van der Waals surface area contributed by atoms with Crippen LogP contribution in [-0.2, 0) is 6.42 Å². The highest BCUT2D eigenvalue weighted by Crippen LogP contribution is 2.21. The van der Waals surface area contributed by atoms with Gasteiger partial charge in [-0.3, -0.25) is 0 Å². The first-order valence-electron chi connectivity index (χ1n) is 9.42. The van der Waals surface area contributed by atoms with E-state index in [1.54, 1.807) is 0 Å². The number of hydrogen-bond donors (Lipinski definition) is 1. The number of halogens is 1. The van der Waals surface area contributed by atoms with Crippen molar-refractivity contribution in [2.24, 2.45) is 0 Å². The maximum atomic E-state index is 3.89. The lowest BCUT2D eigenvalue weighted by Crippen LogP contribution is -1.95. The topological polar surface area (TPSA) is 35.0 Å². The summed E-state index contributed by atoms with van der Waals surface area (Å²) in [7, 11) is 0. The second-order valence-corrected chi connectivity index (χ2v) is 6.70. The SMILES string of the molecule is C=Cc1ccc(CCCCCCCCCCCC)c(C)c1C.Cl.N. The number of aryl methyl sites for hydroxylation is 1. The molecule has 0 unspecified atom stereocenters. The lowest BCUT2D eigenvalue weighted by Gasteiger charge is -2.11. The predicted molar refractivity (Wildman–Crippen MR) is 114 cm³/mol. The summed E-state index contributed by atoms with van der Waals surface area (Å²) in [5.74, 6) is 0. The molecule has 0 aliphatic carbocycles. The molecule has 0 fully saturated rings. The Kier molecular flexibility index (Phi) is 16.7. The lowest BCUT2D eigenvalue weighted by atomic mass is 9.94. The molecule has 0 atom stereocenters. The van der Waals surface area contributed by atoms with E-state index in [0.717, 1.165) is 0 Å². The summed E-state index contributed by atoms with van der Waals surface area (Å²) in [6.07, 6.45) is 17.3. The van der Waals surface area contributed by atoms with E-state index in [4.69, 9.17) is 0 Å². The van der Waals surface area contributed by atoms with Gasteiger partial charge in [0.25, 0.3) is 0 Å². The van der Waals surface area contributed by atoms with Crippen molar-refractivity contribution in [2.75, 3.05) is 0 Å². The molecular weight excluding hydrogens is 314 g/mol. The summed E-state index contributed by atoms with van der Waals surface area (Å²) >= 11 is 0. The Morgan fingerprint density at radius 2 is 1.29 bits per heavy atom. The van der Waals surface area contributed by atoms with Gasteiger partial charge < -0.3 is 6.15 Å². The quantitative estimate of drug-likeness (QED) is 0.379. The number of unbranched alkanes of at least 4 members (excludes halogenated alkanes) is 9. The standard InChI is InChI=1S/C22H36.ClH.H3N/c1-5-7-8-9-10-11-12-13-14-15-16-22-18-17-21(6-2)19(3)20(22)4;;/h6,17-18H,2,5,7-16H2,1,3-4H3;1H;1H3. The molecule has 24 heavy (non-hydrogen) atoms. The Labute approximate surface area is 157 Å². The van der Waals surface area contributed by atoms with E-state index in [1.165, 1.54) is 92.9 Å². The zero-order valence-corrected chi connectivity index (χ0v) is 17.1. The first kappa shape index (κ1) is 25.5. The molecule has 0 bridgehead atoms. The maximum absolute atomic E-state index is 3.89. The molecule has 1 rings (SSSR count). The summed E-state index contributed by atoms with van der Waals surface area (Å²) in [6.45, 7) is 10.7. The third-order valence-electron chi connectivity index (χ3n) is 4.96. The summed E-state index contributed by atoms with van der Waals surface area (Å²) in [5.41, 5.74) is 5.68. The first-order valence-corrected chi connectivity index (χ1v) is 9.42. The van der Waals surface area contributed by atoms with E-state index < -0.39 is 0 Å². The van der Waals surface area contributed by atoms with Crippen LogP contribution in [0.4, 0.5) is 0 Å². The summed E-state index contributed by atoms with van der Waals surface area (Å²) in [4.78, 5) is 0. The monoisotopic (exact) mass is 353 g/mol. The second-order valence-electron chi connectivity index (χ2n) is 6.70. The fourth-order valence-electron chi connectivity index (χ4n) is 3.19. The van der Waals surface area contributed by atoms with Crippen molar-refractivity contribution in [2.45, 2.75) is 91.4 Å². The lowest BCUT2D eigenvalue weighted by molar-refractivity contribution is 0.556. The van der Waals surface area contributed by atoms with Gasteiger partial charge in [-0.05, 0) is 48.9 Å². The van der Waals surface area contributed by atoms with Gasteiger partial charge in [-0.2, -0.15) is 0 Å². The fourth-order valence-corrected chi connectivity index (χ4v) is 3.19. The molecule has 2 heteroatoms. The molecule has 0 aliphatic heterocycles. The molecule has 0 aliphatic rings. The van der Waals surface area contributed by atoms with Crippen LogP contribution in [-0.4, -0.2) is 0 Å². The zero-order chi connectivity index (χ0) is 16.2. The van der Waals surface area contributed by atoms with Crippen LogP contribution in [0.15, 0.2) is 18.7 Å². The van der Waals surface area contributed by atoms with Crippen LogP contribution in [0.25, 0.3) is 6.08 Å². The molecule has 0 aromatic heterocycles. The van der Waals surface area contributed by atoms with Gasteiger partial charge in [0.1, 0.15) is 0 Å². The molecule has 1 aromatic carbocycles. The number of rotatable bonds is 12. The van der Waals surface area contributed by atoms with E-state index in [9.17, 15) is 0 Å². The van der Waals surface area contributed by atoms with E-state index in [2.05, 4.69) is 39.5 Å². The third-order valence-corrected chi connectivity index (χ3v) is 4.96. The van der Waals surface area contributed by atoms with E-state index in [-0.39, 0.29) is 18.6 Å². The van der Waals surface area contributed by atoms with Crippen LogP contribution < -0.4 is 6.15 Å². The Balaban J connectivity index is 0. The highest BCUT2D eigenvalue weighted by Gasteiger charge is 2.04. The van der Waals surface area contributed by atoms with Crippen LogP contribution in [0, 0.1) is 13.8 Å². The molecule has 0 radical (unpaired) electrons. The molecule has 1 nitrogen and oxygen atoms in total. The highest BCUT2D eigenvalue weighted by atomic mass is 35.5. The Hall–Kier alpha value is -0.790. The van der Waals surface area contributed by atoms with Gasteiger partial charge in [-0.1, -0.05) is 89.5 Å². The second kappa shape index (κ2) is 15.7. The minimum atomic E-state index is 0. The van der Waals surface area contributed by atoms with Gasteiger partial charge in [0.05, 0.1) is 0 Å². The van der Waals surface area contributed by atoms with Crippen LogP contribution >= 0.6 is 12.4 Å². The van der Waals surface area contributed by atoms with E-state index in [1.807, 2.05) is 6.08 Å². The zero-order valence-electron chi connectivity index (χ0n) is 16.3. The normalized spacial score (nSPS) is 9.96. The Bertz CT molecular complexity index is 440. The summed E-state index contributed by atoms with van der Waals surface area (Å²) in [5, 5.41) is 0. The van der Waals surface area contributed by atoms with Crippen LogP contribution in [0.2, 0.25) is 0 Å². The van der Waals surface area contributed by atoms with Crippen molar-refractivity contribution < 1.29 is 0 Å². The Morgan fingerprint density at radius 1 is 0.792 bits per heavy atom. The largest absolute Gasteiger partial charge is 0.344 e. The number of benzene rings is 1. The first-order chi connectivity index (χ1) is 10.7. The highest BCUT2D eigenvalue weighted by molar-refractivity contribution is 5.85. The summed E-state index contributed by atoms with van der Waals surface area (Å²) in [6, 6.07) is 4.52. The van der Waals surface area contributed by atoms with Gasteiger partial charge in [-0.15, -0.1) is 12.4 Å². The van der Waals surface area contributed by atoms with Gasteiger partial charge in [0.15, 0.2) is 0 Å². The van der Waals surface area contributed by atoms with Gasteiger partial charge in [-0.25, -0.2) is 0 Å². The molecule has 0 heterocycles. The molecule has 0 saturated heterocycles. The molecule has 0 amide bonds. The van der Waals surface area contributed by atoms with Crippen LogP contribution in [0.1, 0.15) is 93.4 Å². The van der Waals surface area contributed by atoms with Crippen molar-refractivity contribution in [3.05, 3.63) is 41.0 Å². The third kappa shape index (κ3) is 9.49. The molecule has 3 N–H and O–H groups in total. The summed E-state index contributed by atoms with van der Waals surface area (Å²) < 4.78 is 0. The molecular formula is C22H40ClN. The smallest absolute Gasteiger partial charge is 0.0230 e. The maximum Gasteiger partial charge on any atom is -0.0230 e. The molecule has 0 saturated carbocycles. The van der Waals surface area contributed by atoms with E-state index in [0.29, 0.717) is 0 Å². The van der Waals surface area contributed by atoms with Crippen molar-refractivity contribution in [3.8, 4) is 0 Å². The minimum absolute atomic E-state index is 0. The molecule has 1 aromatic rings. The van der Waals surface area contributed by atoms with E-state index >= 15 is 0 Å². The average Bonchev–Trinajstić information content (AvgIpc) is 2.53. The van der Waals surface area contributed by atoms with Crippen molar-refractivity contribution in [3.63, 3.8) is 0 Å². The average molecular weight is 354 g/mol. The minimum Gasteiger partial charge on any atom is -0.344 e. The number of hydrogen-bond acceptors (Lipinski definition) is 1. The van der Waals surface area contributed by atoms with Crippen molar-refractivity contribution in [1.82, 2.24) is 6.15 Å². The van der Waals surface area contributed by atoms with Crippen LogP contribution in [0.5, 0.6) is 0 Å². The van der Waals surface area contributed by atoms with Gasteiger partial charge in [0, 0.05) is 0 Å². The van der Waals surface area contributed by atoms with Crippen molar-refractivity contribution >= 4 is 18.5 Å². The molecule has 0 spiro atoms. The predicted octanol–water partition coefficient (Wildman–Crippen LogP) is 7.99. The van der Waals surface area contributed by atoms with Crippen molar-refractivity contribution in [1.29, 1.82) is 0 Å². The molecule has 140 valence electrons. The Morgan fingerprint density at radius 3 is 1.79 bits per heavy atom. The van der Waals surface area contributed by atoms with Gasteiger partial charge >= 0.3 is 0 Å².